The van der Waals surface area contributed by atoms with Crippen molar-refractivity contribution >= 4 is 0 Å². The summed E-state index contributed by atoms with van der Waals surface area (Å²) in [5.74, 6) is -0.688. The van der Waals surface area contributed by atoms with Crippen molar-refractivity contribution in [2.45, 2.75) is 37.9 Å². The number of hydrogen-bond donors (Lipinski definition) is 1. The fourth-order valence-corrected chi connectivity index (χ4v) is 2.30. The first kappa shape index (κ1) is 14.1. The molecule has 1 unspecified atom stereocenters. The zero-order valence-corrected chi connectivity index (χ0v) is 10.3. The molecule has 1 aliphatic rings. The predicted molar refractivity (Wildman–Crippen MR) is 64.9 cm³/mol. The Morgan fingerprint density at radius 2 is 1.89 bits per heavy atom. The number of halogens is 4. The number of benzene rings is 1. The standard InChI is InChI=1S/C14H15F4N/c15-12-7-6-10(14(16,17)18)8-11(12)13(19)9-4-2-1-3-5-9/h4,6-8,13H,1-3,5,19H2. The Balaban J connectivity index is 2.35. The first-order chi connectivity index (χ1) is 8.89. The molecule has 2 N–H and O–H groups in total. The Morgan fingerprint density at radius 1 is 1.16 bits per heavy atom. The van der Waals surface area contributed by atoms with E-state index < -0.39 is 23.6 Å². The normalized spacial score (nSPS) is 18.1. The monoisotopic (exact) mass is 273 g/mol. The van der Waals surface area contributed by atoms with Crippen LogP contribution >= 0.6 is 0 Å². The van der Waals surface area contributed by atoms with Gasteiger partial charge in [-0.15, -0.1) is 0 Å². The van der Waals surface area contributed by atoms with Crippen LogP contribution in [0.25, 0.3) is 0 Å². The fraction of sp³-hybridized carbons (Fsp3) is 0.429. The molecule has 1 aromatic rings. The maximum atomic E-state index is 13.7. The van der Waals surface area contributed by atoms with Gasteiger partial charge in [0.2, 0.25) is 0 Å². The first-order valence-corrected chi connectivity index (χ1v) is 6.21. The molecule has 19 heavy (non-hydrogen) atoms. The van der Waals surface area contributed by atoms with Gasteiger partial charge in [0.1, 0.15) is 5.82 Å². The zero-order chi connectivity index (χ0) is 14.0. The summed E-state index contributed by atoms with van der Waals surface area (Å²) in [5.41, 5.74) is 5.79. The van der Waals surface area contributed by atoms with E-state index in [9.17, 15) is 17.6 Å². The van der Waals surface area contributed by atoms with Gasteiger partial charge < -0.3 is 5.73 Å². The molecule has 0 spiro atoms. The molecule has 0 amide bonds. The van der Waals surface area contributed by atoms with E-state index >= 15 is 0 Å². The van der Waals surface area contributed by atoms with Crippen molar-refractivity contribution in [2.75, 3.05) is 0 Å². The summed E-state index contributed by atoms with van der Waals surface area (Å²) >= 11 is 0. The molecule has 0 fully saturated rings. The maximum Gasteiger partial charge on any atom is 0.416 e. The van der Waals surface area contributed by atoms with Crippen molar-refractivity contribution in [2.24, 2.45) is 5.73 Å². The Bertz CT molecular complexity index is 491. The van der Waals surface area contributed by atoms with Gasteiger partial charge in [-0.3, -0.25) is 0 Å². The predicted octanol–water partition coefficient (Wildman–Crippen LogP) is 4.34. The molecular weight excluding hydrogens is 258 g/mol. The molecule has 2 rings (SSSR count). The second-order valence-corrected chi connectivity index (χ2v) is 4.74. The van der Waals surface area contributed by atoms with Gasteiger partial charge in [0.15, 0.2) is 0 Å². The van der Waals surface area contributed by atoms with E-state index in [1.54, 1.807) is 0 Å². The minimum Gasteiger partial charge on any atom is -0.320 e. The summed E-state index contributed by atoms with van der Waals surface area (Å²) in [6, 6.07) is 1.60. The van der Waals surface area contributed by atoms with E-state index in [2.05, 4.69) is 0 Å². The highest BCUT2D eigenvalue weighted by Crippen LogP contribution is 2.34. The molecule has 1 nitrogen and oxygen atoms in total. The number of nitrogens with two attached hydrogens (primary N) is 1. The van der Waals surface area contributed by atoms with Gasteiger partial charge in [-0.1, -0.05) is 11.6 Å². The molecule has 0 saturated heterocycles. The summed E-state index contributed by atoms with van der Waals surface area (Å²) in [6.45, 7) is 0. The summed E-state index contributed by atoms with van der Waals surface area (Å²) in [6.07, 6.45) is 0.985. The summed E-state index contributed by atoms with van der Waals surface area (Å²) in [4.78, 5) is 0. The van der Waals surface area contributed by atoms with Crippen LogP contribution in [0.4, 0.5) is 17.6 Å². The minimum absolute atomic E-state index is 0.0806. The highest BCUT2D eigenvalue weighted by atomic mass is 19.4. The van der Waals surface area contributed by atoms with Gasteiger partial charge in [-0.25, -0.2) is 4.39 Å². The average Bonchev–Trinajstić information content (AvgIpc) is 2.38. The van der Waals surface area contributed by atoms with Gasteiger partial charge in [-0.05, 0) is 43.9 Å². The molecule has 0 saturated carbocycles. The molecule has 0 heterocycles. The van der Waals surface area contributed by atoms with Crippen LogP contribution in [-0.4, -0.2) is 0 Å². The third-order valence-electron chi connectivity index (χ3n) is 3.38. The van der Waals surface area contributed by atoms with Gasteiger partial charge in [-0.2, -0.15) is 13.2 Å². The van der Waals surface area contributed by atoms with Crippen molar-refractivity contribution in [3.8, 4) is 0 Å². The summed E-state index contributed by atoms with van der Waals surface area (Å²) < 4.78 is 51.6. The molecule has 104 valence electrons. The van der Waals surface area contributed by atoms with Crippen LogP contribution in [0, 0.1) is 5.82 Å². The van der Waals surface area contributed by atoms with Gasteiger partial charge in [0, 0.05) is 5.56 Å². The Morgan fingerprint density at radius 3 is 2.47 bits per heavy atom. The number of rotatable bonds is 2. The Kier molecular flexibility index (Phi) is 3.94. The molecule has 0 aromatic heterocycles. The molecule has 0 radical (unpaired) electrons. The number of allylic oxidation sites excluding steroid dienone is 1. The van der Waals surface area contributed by atoms with E-state index in [4.69, 9.17) is 5.73 Å². The van der Waals surface area contributed by atoms with E-state index in [0.29, 0.717) is 0 Å². The van der Waals surface area contributed by atoms with E-state index in [1.807, 2.05) is 6.08 Å². The highest BCUT2D eigenvalue weighted by Gasteiger charge is 2.32. The van der Waals surface area contributed by atoms with Crippen molar-refractivity contribution in [3.05, 3.63) is 46.8 Å². The van der Waals surface area contributed by atoms with Crippen molar-refractivity contribution < 1.29 is 17.6 Å². The second-order valence-electron chi connectivity index (χ2n) is 4.74. The third kappa shape index (κ3) is 3.15. The molecule has 5 heteroatoms. The lowest BCUT2D eigenvalue weighted by molar-refractivity contribution is -0.137. The number of alkyl halides is 3. The molecule has 0 bridgehead atoms. The topological polar surface area (TPSA) is 26.0 Å². The third-order valence-corrected chi connectivity index (χ3v) is 3.38. The maximum absolute atomic E-state index is 13.7. The largest absolute Gasteiger partial charge is 0.416 e. The lowest BCUT2D eigenvalue weighted by atomic mass is 9.89. The average molecular weight is 273 g/mol. The zero-order valence-electron chi connectivity index (χ0n) is 10.3. The van der Waals surface area contributed by atoms with Crippen LogP contribution in [-0.2, 0) is 6.18 Å². The molecule has 0 aliphatic heterocycles. The smallest absolute Gasteiger partial charge is 0.320 e. The Labute approximate surface area is 109 Å². The summed E-state index contributed by atoms with van der Waals surface area (Å²) in [7, 11) is 0. The quantitative estimate of drug-likeness (QED) is 0.629. The molecule has 1 aliphatic carbocycles. The van der Waals surface area contributed by atoms with Crippen LogP contribution in [0.2, 0.25) is 0 Å². The minimum atomic E-state index is -4.48. The van der Waals surface area contributed by atoms with Crippen molar-refractivity contribution in [1.82, 2.24) is 0 Å². The van der Waals surface area contributed by atoms with Crippen LogP contribution in [0.15, 0.2) is 29.8 Å². The van der Waals surface area contributed by atoms with Crippen LogP contribution in [0.5, 0.6) is 0 Å². The first-order valence-electron chi connectivity index (χ1n) is 6.21. The van der Waals surface area contributed by atoms with Crippen molar-refractivity contribution in [1.29, 1.82) is 0 Å². The van der Waals surface area contributed by atoms with E-state index in [-0.39, 0.29) is 5.56 Å². The fourth-order valence-electron chi connectivity index (χ4n) is 2.30. The molecular formula is C14H15F4N. The van der Waals surface area contributed by atoms with Crippen LogP contribution < -0.4 is 5.73 Å². The van der Waals surface area contributed by atoms with Crippen molar-refractivity contribution in [3.63, 3.8) is 0 Å². The van der Waals surface area contributed by atoms with Crippen LogP contribution in [0.1, 0.15) is 42.9 Å². The lowest BCUT2D eigenvalue weighted by Gasteiger charge is -2.21. The van der Waals surface area contributed by atoms with E-state index in [0.717, 1.165) is 49.5 Å². The molecule has 1 aromatic carbocycles. The highest BCUT2D eigenvalue weighted by molar-refractivity contribution is 5.34. The second kappa shape index (κ2) is 5.33. The Hall–Kier alpha value is -1.36. The molecule has 1 atom stereocenters. The number of hydrogen-bond acceptors (Lipinski definition) is 1. The van der Waals surface area contributed by atoms with Crippen LogP contribution in [0.3, 0.4) is 0 Å². The summed E-state index contributed by atoms with van der Waals surface area (Å²) in [5, 5.41) is 0. The SMILES string of the molecule is NC(C1=CCCCC1)c1cc(C(F)(F)F)ccc1F. The van der Waals surface area contributed by atoms with E-state index in [1.165, 1.54) is 0 Å². The van der Waals surface area contributed by atoms with Gasteiger partial charge in [0.25, 0.3) is 0 Å². The van der Waals surface area contributed by atoms with Gasteiger partial charge >= 0.3 is 6.18 Å². The van der Waals surface area contributed by atoms with Gasteiger partial charge in [0.05, 0.1) is 11.6 Å². The lowest BCUT2D eigenvalue weighted by Crippen LogP contribution is -2.18.